The summed E-state index contributed by atoms with van der Waals surface area (Å²) in [6, 6.07) is 0. The van der Waals surface area contributed by atoms with Crippen molar-refractivity contribution >= 4 is 13.6 Å². The van der Waals surface area contributed by atoms with Crippen LogP contribution in [0, 0.1) is 5.92 Å². The van der Waals surface area contributed by atoms with Gasteiger partial charge in [-0.3, -0.25) is 4.57 Å². The van der Waals surface area contributed by atoms with Gasteiger partial charge in [-0.05, 0) is 5.92 Å². The van der Waals surface area contributed by atoms with Crippen LogP contribution in [0.25, 0.3) is 0 Å². The standard InChI is InChI=1S/C5H14N3O3P/c1-3(2)4(8-5(6)7)12(9,10)11/h3-4H,1-2H3,(H4,6,7,8)(H2,9,10,11). The number of nitrogens with zero attached hydrogens (tertiary/aromatic N) is 1. The van der Waals surface area contributed by atoms with E-state index in [1.54, 1.807) is 13.8 Å². The summed E-state index contributed by atoms with van der Waals surface area (Å²) in [4.78, 5) is 21.0. The number of aliphatic imine (C=N–C) groups is 1. The predicted molar refractivity (Wildman–Crippen MR) is 46.5 cm³/mol. The van der Waals surface area contributed by atoms with Gasteiger partial charge in [0, 0.05) is 0 Å². The molecule has 12 heavy (non-hydrogen) atoms. The Kier molecular flexibility index (Phi) is 3.70. The van der Waals surface area contributed by atoms with E-state index in [0.29, 0.717) is 0 Å². The Labute approximate surface area is 70.8 Å². The van der Waals surface area contributed by atoms with Gasteiger partial charge < -0.3 is 21.3 Å². The topological polar surface area (TPSA) is 122 Å². The highest BCUT2D eigenvalue weighted by Gasteiger charge is 2.31. The van der Waals surface area contributed by atoms with E-state index >= 15 is 0 Å². The van der Waals surface area contributed by atoms with E-state index in [2.05, 4.69) is 4.99 Å². The highest BCUT2D eigenvalue weighted by atomic mass is 31.2. The SMILES string of the molecule is CC(C)C(N=C(N)N)P(=O)(O)O. The van der Waals surface area contributed by atoms with Crippen LogP contribution in [0.1, 0.15) is 13.8 Å². The van der Waals surface area contributed by atoms with Crippen LogP contribution in [0.5, 0.6) is 0 Å². The van der Waals surface area contributed by atoms with Crippen molar-refractivity contribution in [3.8, 4) is 0 Å². The molecule has 0 amide bonds. The van der Waals surface area contributed by atoms with Gasteiger partial charge in [0.2, 0.25) is 0 Å². The lowest BCUT2D eigenvalue weighted by atomic mass is 10.2. The third-order valence-corrected chi connectivity index (χ3v) is 2.62. The zero-order valence-corrected chi connectivity index (χ0v) is 7.90. The molecular formula is C5H14N3O3P. The number of hydrogen-bond acceptors (Lipinski definition) is 2. The number of nitrogens with two attached hydrogens (primary N) is 2. The van der Waals surface area contributed by atoms with Gasteiger partial charge in [-0.1, -0.05) is 13.8 Å². The maximum absolute atomic E-state index is 10.8. The molecule has 0 saturated carbocycles. The molecule has 0 aromatic carbocycles. The van der Waals surface area contributed by atoms with Gasteiger partial charge >= 0.3 is 7.60 Å². The molecule has 0 radical (unpaired) electrons. The van der Waals surface area contributed by atoms with Crippen LogP contribution in [0.3, 0.4) is 0 Å². The lowest BCUT2D eigenvalue weighted by molar-refractivity contribution is 0.344. The van der Waals surface area contributed by atoms with E-state index in [1.807, 2.05) is 0 Å². The zero-order chi connectivity index (χ0) is 9.94. The molecule has 1 atom stereocenters. The highest BCUT2D eigenvalue weighted by molar-refractivity contribution is 7.52. The third-order valence-electron chi connectivity index (χ3n) is 1.22. The first-order valence-electron chi connectivity index (χ1n) is 3.39. The Hall–Kier alpha value is -0.580. The maximum Gasteiger partial charge on any atom is 0.350 e. The molecule has 0 aliphatic carbocycles. The maximum atomic E-state index is 10.8. The number of rotatable bonds is 3. The lowest BCUT2D eigenvalue weighted by Crippen LogP contribution is -2.27. The van der Waals surface area contributed by atoms with Crippen LogP contribution in [0.2, 0.25) is 0 Å². The average molecular weight is 195 g/mol. The molecule has 0 aromatic heterocycles. The van der Waals surface area contributed by atoms with Gasteiger partial charge in [0.1, 0.15) is 0 Å². The number of hydrogen-bond donors (Lipinski definition) is 4. The second kappa shape index (κ2) is 3.89. The minimum absolute atomic E-state index is 0.298. The van der Waals surface area contributed by atoms with Crippen LogP contribution in [-0.2, 0) is 4.57 Å². The van der Waals surface area contributed by atoms with E-state index in [1.165, 1.54) is 0 Å². The molecule has 72 valence electrons. The van der Waals surface area contributed by atoms with Gasteiger partial charge in [-0.15, -0.1) is 0 Å². The Morgan fingerprint density at radius 1 is 1.42 bits per heavy atom. The molecule has 0 saturated heterocycles. The second-order valence-corrected chi connectivity index (χ2v) is 4.51. The summed E-state index contributed by atoms with van der Waals surface area (Å²) in [6.07, 6.45) is 0. The summed E-state index contributed by atoms with van der Waals surface area (Å²) in [6.45, 7) is 3.27. The summed E-state index contributed by atoms with van der Waals surface area (Å²) < 4.78 is 10.8. The molecule has 1 unspecified atom stereocenters. The summed E-state index contributed by atoms with van der Waals surface area (Å²) in [7, 11) is -4.23. The van der Waals surface area contributed by atoms with Crippen molar-refractivity contribution in [2.24, 2.45) is 22.4 Å². The van der Waals surface area contributed by atoms with Crippen molar-refractivity contribution in [2.45, 2.75) is 19.6 Å². The molecule has 0 fully saturated rings. The zero-order valence-electron chi connectivity index (χ0n) is 7.01. The van der Waals surface area contributed by atoms with E-state index in [9.17, 15) is 4.57 Å². The molecule has 0 spiro atoms. The molecule has 0 heterocycles. The molecule has 7 heteroatoms. The van der Waals surface area contributed by atoms with Crippen LogP contribution < -0.4 is 11.5 Å². The monoisotopic (exact) mass is 195 g/mol. The first kappa shape index (κ1) is 11.4. The van der Waals surface area contributed by atoms with Gasteiger partial charge in [0.15, 0.2) is 11.7 Å². The largest absolute Gasteiger partial charge is 0.370 e. The Morgan fingerprint density at radius 2 is 1.83 bits per heavy atom. The molecular weight excluding hydrogens is 181 g/mol. The summed E-state index contributed by atoms with van der Waals surface area (Å²) >= 11 is 0. The first-order valence-corrected chi connectivity index (χ1v) is 5.07. The number of guanidine groups is 1. The van der Waals surface area contributed by atoms with Gasteiger partial charge in [0.25, 0.3) is 0 Å². The third kappa shape index (κ3) is 3.71. The molecule has 0 bridgehead atoms. The minimum Gasteiger partial charge on any atom is -0.370 e. The summed E-state index contributed by atoms with van der Waals surface area (Å²) in [5.41, 5.74) is 10.0. The fourth-order valence-electron chi connectivity index (χ4n) is 0.765. The Bertz CT molecular complexity index is 218. The average Bonchev–Trinajstić information content (AvgIpc) is 1.79. The van der Waals surface area contributed by atoms with E-state index in [-0.39, 0.29) is 11.9 Å². The van der Waals surface area contributed by atoms with E-state index < -0.39 is 13.4 Å². The highest BCUT2D eigenvalue weighted by Crippen LogP contribution is 2.45. The summed E-state index contributed by atoms with van der Waals surface area (Å²) in [5.74, 6) is -1.74. The smallest absolute Gasteiger partial charge is 0.350 e. The van der Waals surface area contributed by atoms with Crippen LogP contribution in [0.4, 0.5) is 0 Å². The van der Waals surface area contributed by atoms with Crippen molar-refractivity contribution in [2.75, 3.05) is 0 Å². The Morgan fingerprint density at radius 3 is 1.92 bits per heavy atom. The normalized spacial score (nSPS) is 14.4. The second-order valence-electron chi connectivity index (χ2n) is 2.80. The van der Waals surface area contributed by atoms with Crippen molar-refractivity contribution < 1.29 is 14.4 Å². The van der Waals surface area contributed by atoms with Crippen molar-refractivity contribution in [1.29, 1.82) is 0 Å². The molecule has 0 aliphatic heterocycles. The van der Waals surface area contributed by atoms with Crippen molar-refractivity contribution in [3.63, 3.8) is 0 Å². The molecule has 0 aliphatic rings. The lowest BCUT2D eigenvalue weighted by Gasteiger charge is -2.17. The Balaban J connectivity index is 4.70. The minimum atomic E-state index is -4.23. The molecule has 6 N–H and O–H groups in total. The first-order chi connectivity index (χ1) is 5.25. The predicted octanol–water partition coefficient (Wildman–Crippen LogP) is -0.580. The quantitative estimate of drug-likeness (QED) is 0.272. The van der Waals surface area contributed by atoms with Gasteiger partial charge in [0.05, 0.1) is 0 Å². The van der Waals surface area contributed by atoms with Crippen LogP contribution in [-0.4, -0.2) is 21.5 Å². The van der Waals surface area contributed by atoms with Gasteiger partial charge in [-0.25, -0.2) is 4.99 Å². The van der Waals surface area contributed by atoms with Gasteiger partial charge in [-0.2, -0.15) is 0 Å². The van der Waals surface area contributed by atoms with Crippen molar-refractivity contribution in [3.05, 3.63) is 0 Å². The van der Waals surface area contributed by atoms with E-state index in [0.717, 1.165) is 0 Å². The fourth-order valence-corrected chi connectivity index (χ4v) is 1.83. The summed E-state index contributed by atoms with van der Waals surface area (Å²) in [5, 5.41) is 0. The molecule has 0 rings (SSSR count). The van der Waals surface area contributed by atoms with Crippen LogP contribution >= 0.6 is 7.60 Å². The molecule has 0 aromatic rings. The van der Waals surface area contributed by atoms with Crippen LogP contribution in [0.15, 0.2) is 4.99 Å². The molecule has 6 nitrogen and oxygen atoms in total. The van der Waals surface area contributed by atoms with Crippen molar-refractivity contribution in [1.82, 2.24) is 0 Å². The van der Waals surface area contributed by atoms with E-state index in [4.69, 9.17) is 21.3 Å². The fraction of sp³-hybridized carbons (Fsp3) is 0.800.